The molecule has 0 aliphatic rings. The van der Waals surface area contributed by atoms with Gasteiger partial charge in [0.1, 0.15) is 12.4 Å². The summed E-state index contributed by atoms with van der Waals surface area (Å²) in [4.78, 5) is 4.71. The third-order valence-corrected chi connectivity index (χ3v) is 4.51. The van der Waals surface area contributed by atoms with Crippen LogP contribution in [0.2, 0.25) is 0 Å². The summed E-state index contributed by atoms with van der Waals surface area (Å²) in [5.41, 5.74) is 3.26. The molecule has 0 fully saturated rings. The molecule has 32 heavy (non-hydrogen) atoms. The Labute approximate surface area is 208 Å². The summed E-state index contributed by atoms with van der Waals surface area (Å²) < 4.78 is 22.0. The van der Waals surface area contributed by atoms with Crippen LogP contribution in [0.25, 0.3) is 0 Å². The van der Waals surface area contributed by atoms with E-state index < -0.39 is 0 Å². The maximum atomic E-state index is 5.89. The first-order valence-corrected chi connectivity index (χ1v) is 10.6. The molecule has 0 aliphatic heterocycles. The number of nitrogens with one attached hydrogen (secondary N) is 2. The van der Waals surface area contributed by atoms with Crippen LogP contribution in [0.4, 0.5) is 0 Å². The fourth-order valence-corrected chi connectivity index (χ4v) is 2.95. The van der Waals surface area contributed by atoms with Gasteiger partial charge in [-0.1, -0.05) is 18.2 Å². The standard InChI is InChI=1S/C24H35N3O4.HI/c1-6-25-24(26-16-19-9-11-21(30-7-2)23(15-19)29-5)27-17-20-10-8-18(3)14-22(20)31-13-12-28-4;/h8-11,14-15H,6-7,12-13,16-17H2,1-5H3,(H2,25,26,27);1H. The molecule has 0 saturated heterocycles. The quantitative estimate of drug-likeness (QED) is 0.176. The Bertz CT molecular complexity index is 846. The van der Waals surface area contributed by atoms with Crippen molar-refractivity contribution in [1.29, 1.82) is 0 Å². The van der Waals surface area contributed by atoms with E-state index in [4.69, 9.17) is 23.9 Å². The summed E-state index contributed by atoms with van der Waals surface area (Å²) in [6.07, 6.45) is 0. The second-order valence-corrected chi connectivity index (χ2v) is 6.92. The van der Waals surface area contributed by atoms with E-state index in [0.29, 0.717) is 38.7 Å². The average molecular weight is 557 g/mol. The summed E-state index contributed by atoms with van der Waals surface area (Å²) in [5, 5.41) is 6.68. The van der Waals surface area contributed by atoms with E-state index >= 15 is 0 Å². The number of ether oxygens (including phenoxy) is 4. The fraction of sp³-hybridized carbons (Fsp3) is 0.458. The highest BCUT2D eigenvalue weighted by Crippen LogP contribution is 2.28. The van der Waals surface area contributed by atoms with Crippen LogP contribution in [-0.2, 0) is 17.8 Å². The highest BCUT2D eigenvalue weighted by molar-refractivity contribution is 14.0. The lowest BCUT2D eigenvalue weighted by Crippen LogP contribution is -2.36. The Morgan fingerprint density at radius 1 is 0.906 bits per heavy atom. The number of hydrogen-bond donors (Lipinski definition) is 2. The van der Waals surface area contributed by atoms with Crippen molar-refractivity contribution in [3.63, 3.8) is 0 Å². The van der Waals surface area contributed by atoms with Gasteiger partial charge in [0, 0.05) is 25.8 Å². The predicted molar refractivity (Wildman–Crippen MR) is 140 cm³/mol. The minimum absolute atomic E-state index is 0. The molecule has 0 spiro atoms. The van der Waals surface area contributed by atoms with Gasteiger partial charge in [-0.3, -0.25) is 0 Å². The molecular formula is C24H36IN3O4. The molecule has 2 N–H and O–H groups in total. The zero-order valence-corrected chi connectivity index (χ0v) is 22.0. The van der Waals surface area contributed by atoms with Gasteiger partial charge in [0.2, 0.25) is 0 Å². The highest BCUT2D eigenvalue weighted by atomic mass is 127. The fourth-order valence-electron chi connectivity index (χ4n) is 2.95. The zero-order valence-electron chi connectivity index (χ0n) is 19.7. The number of benzene rings is 2. The Hall–Kier alpha value is -2.20. The summed E-state index contributed by atoms with van der Waals surface area (Å²) in [5.74, 6) is 3.04. The number of nitrogens with zero attached hydrogens (tertiary/aromatic N) is 1. The van der Waals surface area contributed by atoms with E-state index in [1.165, 1.54) is 0 Å². The number of rotatable bonds is 12. The lowest BCUT2D eigenvalue weighted by Gasteiger charge is -2.15. The number of hydrogen-bond acceptors (Lipinski definition) is 5. The van der Waals surface area contributed by atoms with Gasteiger partial charge < -0.3 is 29.6 Å². The first kappa shape index (κ1) is 27.8. The Morgan fingerprint density at radius 2 is 1.72 bits per heavy atom. The molecule has 2 aromatic carbocycles. The Morgan fingerprint density at radius 3 is 2.41 bits per heavy atom. The second-order valence-electron chi connectivity index (χ2n) is 6.92. The molecule has 2 aromatic rings. The van der Waals surface area contributed by atoms with E-state index in [1.54, 1.807) is 14.2 Å². The van der Waals surface area contributed by atoms with Crippen LogP contribution in [0.1, 0.15) is 30.5 Å². The third kappa shape index (κ3) is 9.12. The van der Waals surface area contributed by atoms with Crippen LogP contribution in [-0.4, -0.2) is 46.5 Å². The van der Waals surface area contributed by atoms with Gasteiger partial charge >= 0.3 is 0 Å². The van der Waals surface area contributed by atoms with Gasteiger partial charge in [-0.05, 0) is 50.1 Å². The molecule has 178 valence electrons. The number of aryl methyl sites for hydroxylation is 1. The number of guanidine groups is 1. The van der Waals surface area contributed by atoms with E-state index in [9.17, 15) is 0 Å². The molecule has 2 rings (SSSR count). The summed E-state index contributed by atoms with van der Waals surface area (Å²) >= 11 is 0. The molecular weight excluding hydrogens is 521 g/mol. The molecule has 0 saturated carbocycles. The molecule has 0 unspecified atom stereocenters. The maximum absolute atomic E-state index is 5.89. The lowest BCUT2D eigenvalue weighted by atomic mass is 10.1. The highest BCUT2D eigenvalue weighted by Gasteiger charge is 2.08. The molecule has 0 radical (unpaired) electrons. The van der Waals surface area contributed by atoms with E-state index in [2.05, 4.69) is 29.7 Å². The molecule has 0 amide bonds. The number of aliphatic imine (C=N–C) groups is 1. The first-order chi connectivity index (χ1) is 15.1. The summed E-state index contributed by atoms with van der Waals surface area (Å²) in [6, 6.07) is 12.1. The van der Waals surface area contributed by atoms with Crippen LogP contribution < -0.4 is 24.8 Å². The van der Waals surface area contributed by atoms with Crippen molar-refractivity contribution in [2.24, 2.45) is 4.99 Å². The Balaban J connectivity index is 0.00000512. The van der Waals surface area contributed by atoms with Gasteiger partial charge in [0.15, 0.2) is 17.5 Å². The van der Waals surface area contributed by atoms with Crippen molar-refractivity contribution in [3.8, 4) is 17.2 Å². The van der Waals surface area contributed by atoms with Crippen molar-refractivity contribution < 1.29 is 18.9 Å². The van der Waals surface area contributed by atoms with Crippen LogP contribution in [0, 0.1) is 6.92 Å². The number of halogens is 1. The van der Waals surface area contributed by atoms with E-state index in [0.717, 1.165) is 40.7 Å². The number of methoxy groups -OCH3 is 2. The predicted octanol–water partition coefficient (Wildman–Crippen LogP) is 4.30. The maximum Gasteiger partial charge on any atom is 0.191 e. The smallest absolute Gasteiger partial charge is 0.191 e. The van der Waals surface area contributed by atoms with Crippen LogP contribution >= 0.6 is 24.0 Å². The van der Waals surface area contributed by atoms with Gasteiger partial charge in [0.05, 0.1) is 26.9 Å². The van der Waals surface area contributed by atoms with Crippen molar-refractivity contribution >= 4 is 29.9 Å². The summed E-state index contributed by atoms with van der Waals surface area (Å²) in [7, 11) is 3.31. The molecule has 0 heterocycles. The largest absolute Gasteiger partial charge is 0.493 e. The van der Waals surface area contributed by atoms with Crippen LogP contribution in [0.5, 0.6) is 17.2 Å². The van der Waals surface area contributed by atoms with E-state index in [-0.39, 0.29) is 24.0 Å². The van der Waals surface area contributed by atoms with Gasteiger partial charge in [-0.2, -0.15) is 0 Å². The van der Waals surface area contributed by atoms with Crippen LogP contribution in [0.15, 0.2) is 41.4 Å². The van der Waals surface area contributed by atoms with Crippen molar-refractivity contribution in [2.75, 3.05) is 40.6 Å². The minimum atomic E-state index is 0. The molecule has 0 atom stereocenters. The first-order valence-electron chi connectivity index (χ1n) is 10.6. The second kappa shape index (κ2) is 15.6. The van der Waals surface area contributed by atoms with Gasteiger partial charge in [-0.15, -0.1) is 24.0 Å². The molecule has 0 bridgehead atoms. The average Bonchev–Trinajstić information content (AvgIpc) is 2.77. The zero-order chi connectivity index (χ0) is 22.5. The molecule has 0 aromatic heterocycles. The lowest BCUT2D eigenvalue weighted by molar-refractivity contribution is 0.145. The topological polar surface area (TPSA) is 73.3 Å². The van der Waals surface area contributed by atoms with Crippen molar-refractivity contribution in [2.45, 2.75) is 33.9 Å². The molecule has 7 nitrogen and oxygen atoms in total. The van der Waals surface area contributed by atoms with Crippen LogP contribution in [0.3, 0.4) is 0 Å². The summed E-state index contributed by atoms with van der Waals surface area (Å²) in [6.45, 7) is 9.59. The SMILES string of the molecule is CCNC(=NCc1ccc(OCC)c(OC)c1)NCc1ccc(C)cc1OCCOC.I. The molecule has 0 aliphatic carbocycles. The Kier molecular flexibility index (Phi) is 13.5. The monoisotopic (exact) mass is 557 g/mol. The normalized spacial score (nSPS) is 10.8. The van der Waals surface area contributed by atoms with Gasteiger partial charge in [0.25, 0.3) is 0 Å². The minimum Gasteiger partial charge on any atom is -0.493 e. The molecule has 8 heteroatoms. The van der Waals surface area contributed by atoms with Gasteiger partial charge in [-0.25, -0.2) is 4.99 Å². The van der Waals surface area contributed by atoms with Crippen molar-refractivity contribution in [3.05, 3.63) is 53.1 Å². The van der Waals surface area contributed by atoms with E-state index in [1.807, 2.05) is 38.1 Å². The third-order valence-electron chi connectivity index (χ3n) is 4.51. The van der Waals surface area contributed by atoms with Crippen molar-refractivity contribution in [1.82, 2.24) is 10.6 Å².